The van der Waals surface area contributed by atoms with Gasteiger partial charge in [0.15, 0.2) is 0 Å². The largest absolute Gasteiger partial charge is 0.335 e. The lowest BCUT2D eigenvalue weighted by Crippen LogP contribution is -2.42. The first kappa shape index (κ1) is 21.8. The van der Waals surface area contributed by atoms with Crippen LogP contribution >= 0.6 is 0 Å². The van der Waals surface area contributed by atoms with Gasteiger partial charge in [-0.25, -0.2) is 8.42 Å². The van der Waals surface area contributed by atoms with E-state index in [2.05, 4.69) is 32.1 Å². The predicted octanol–water partition coefficient (Wildman–Crippen LogP) is 4.28. The Bertz CT molecular complexity index is 1050. The second-order valence-corrected chi connectivity index (χ2v) is 10.8. The molecular weight excluding hydrogens is 408 g/mol. The molecule has 0 aromatic heterocycles. The standard InChI is InChI=1S/C25H30N2O3S/c1-19-16-20(2)18-27(17-19)31(29,30)24-10-8-23(9-11-24)25(28)26-14-12-22(13-15-26)21-6-4-3-5-7-21/h3-12,19-20H,13-18H2,1-2H3/t19-,20+. The van der Waals surface area contributed by atoms with E-state index in [1.165, 1.54) is 11.1 Å². The molecule has 1 amide bonds. The summed E-state index contributed by atoms with van der Waals surface area (Å²) in [6, 6.07) is 16.6. The third-order valence-corrected chi connectivity index (χ3v) is 8.06. The molecule has 31 heavy (non-hydrogen) atoms. The topological polar surface area (TPSA) is 57.7 Å². The average Bonchev–Trinajstić information content (AvgIpc) is 2.79. The summed E-state index contributed by atoms with van der Waals surface area (Å²) >= 11 is 0. The van der Waals surface area contributed by atoms with Crippen LogP contribution in [0.3, 0.4) is 0 Å². The van der Waals surface area contributed by atoms with Gasteiger partial charge in [0.1, 0.15) is 0 Å². The number of nitrogens with zero attached hydrogens (tertiary/aromatic N) is 2. The van der Waals surface area contributed by atoms with E-state index < -0.39 is 10.0 Å². The zero-order valence-corrected chi connectivity index (χ0v) is 19.0. The number of rotatable bonds is 4. The number of amides is 1. The number of benzene rings is 2. The van der Waals surface area contributed by atoms with Crippen molar-refractivity contribution in [3.8, 4) is 0 Å². The van der Waals surface area contributed by atoms with Crippen LogP contribution in [0.2, 0.25) is 0 Å². The summed E-state index contributed by atoms with van der Waals surface area (Å²) in [5.74, 6) is 0.646. The summed E-state index contributed by atoms with van der Waals surface area (Å²) in [6.07, 6.45) is 3.97. The van der Waals surface area contributed by atoms with Gasteiger partial charge in [-0.05, 0) is 60.1 Å². The molecule has 0 bridgehead atoms. The molecule has 1 fully saturated rings. The fourth-order valence-electron chi connectivity index (χ4n) is 4.67. The highest BCUT2D eigenvalue weighted by Crippen LogP contribution is 2.27. The highest BCUT2D eigenvalue weighted by atomic mass is 32.2. The maximum absolute atomic E-state index is 13.1. The third-order valence-electron chi connectivity index (χ3n) is 6.22. The maximum atomic E-state index is 13.1. The van der Waals surface area contributed by atoms with E-state index in [1.54, 1.807) is 28.6 Å². The van der Waals surface area contributed by atoms with Crippen LogP contribution in [0.15, 0.2) is 65.6 Å². The van der Waals surface area contributed by atoms with E-state index in [1.807, 2.05) is 23.1 Å². The van der Waals surface area contributed by atoms with Crippen molar-refractivity contribution in [3.63, 3.8) is 0 Å². The molecule has 0 radical (unpaired) electrons. The van der Waals surface area contributed by atoms with E-state index in [0.717, 1.165) is 12.8 Å². The van der Waals surface area contributed by atoms with Gasteiger partial charge in [-0.1, -0.05) is 50.3 Å². The van der Waals surface area contributed by atoms with Gasteiger partial charge < -0.3 is 4.90 Å². The van der Waals surface area contributed by atoms with Crippen molar-refractivity contribution in [3.05, 3.63) is 71.8 Å². The van der Waals surface area contributed by atoms with Crippen LogP contribution in [-0.2, 0) is 10.0 Å². The van der Waals surface area contributed by atoms with Gasteiger partial charge in [-0.3, -0.25) is 4.79 Å². The van der Waals surface area contributed by atoms with Crippen LogP contribution in [0.5, 0.6) is 0 Å². The molecule has 2 atom stereocenters. The van der Waals surface area contributed by atoms with Crippen molar-refractivity contribution in [1.82, 2.24) is 9.21 Å². The molecule has 2 aliphatic rings. The zero-order chi connectivity index (χ0) is 22.0. The third kappa shape index (κ3) is 4.75. The summed E-state index contributed by atoms with van der Waals surface area (Å²) in [4.78, 5) is 15.0. The predicted molar refractivity (Wildman–Crippen MR) is 123 cm³/mol. The Labute approximate surface area is 185 Å². The summed E-state index contributed by atoms with van der Waals surface area (Å²) < 4.78 is 27.7. The van der Waals surface area contributed by atoms with Gasteiger partial charge in [0.05, 0.1) is 4.90 Å². The quantitative estimate of drug-likeness (QED) is 0.716. The van der Waals surface area contributed by atoms with E-state index in [4.69, 9.17) is 0 Å². The van der Waals surface area contributed by atoms with Crippen molar-refractivity contribution >= 4 is 21.5 Å². The van der Waals surface area contributed by atoms with E-state index in [-0.39, 0.29) is 10.8 Å². The minimum Gasteiger partial charge on any atom is -0.335 e. The molecule has 0 saturated carbocycles. The first-order valence-electron chi connectivity index (χ1n) is 11.0. The van der Waals surface area contributed by atoms with Gasteiger partial charge >= 0.3 is 0 Å². The normalized spacial score (nSPS) is 22.8. The lowest BCUT2D eigenvalue weighted by atomic mass is 9.94. The van der Waals surface area contributed by atoms with E-state index in [9.17, 15) is 13.2 Å². The smallest absolute Gasteiger partial charge is 0.254 e. The Morgan fingerprint density at radius 2 is 1.58 bits per heavy atom. The molecule has 2 aromatic rings. The van der Waals surface area contributed by atoms with Crippen molar-refractivity contribution in [2.45, 2.75) is 31.6 Å². The minimum absolute atomic E-state index is 0.0625. The van der Waals surface area contributed by atoms with Gasteiger partial charge in [0.2, 0.25) is 10.0 Å². The number of piperidine rings is 1. The number of sulfonamides is 1. The van der Waals surface area contributed by atoms with Crippen LogP contribution in [-0.4, -0.2) is 49.7 Å². The molecule has 2 aliphatic heterocycles. The molecule has 4 rings (SSSR count). The highest BCUT2D eigenvalue weighted by molar-refractivity contribution is 7.89. The van der Waals surface area contributed by atoms with Crippen LogP contribution < -0.4 is 0 Å². The Kier molecular flexibility index (Phi) is 6.30. The molecule has 164 valence electrons. The molecule has 0 spiro atoms. The van der Waals surface area contributed by atoms with Crippen molar-refractivity contribution < 1.29 is 13.2 Å². The molecule has 5 nitrogen and oxygen atoms in total. The van der Waals surface area contributed by atoms with Crippen LogP contribution in [0.4, 0.5) is 0 Å². The van der Waals surface area contributed by atoms with Gasteiger partial charge in [0, 0.05) is 31.7 Å². The lowest BCUT2D eigenvalue weighted by Gasteiger charge is -2.34. The highest BCUT2D eigenvalue weighted by Gasteiger charge is 2.31. The Hall–Kier alpha value is -2.44. The SMILES string of the molecule is C[C@@H]1C[C@H](C)CN(S(=O)(=O)c2ccc(C(=O)N3CC=C(c4ccccc4)CC3)cc2)C1. The first-order chi connectivity index (χ1) is 14.8. The summed E-state index contributed by atoms with van der Waals surface area (Å²) in [5, 5.41) is 0. The van der Waals surface area contributed by atoms with E-state index >= 15 is 0 Å². The molecule has 0 aliphatic carbocycles. The lowest BCUT2D eigenvalue weighted by molar-refractivity contribution is 0.0772. The molecule has 0 N–H and O–H groups in total. The molecule has 6 heteroatoms. The fraction of sp³-hybridized carbons (Fsp3) is 0.400. The maximum Gasteiger partial charge on any atom is 0.254 e. The Morgan fingerprint density at radius 3 is 2.16 bits per heavy atom. The van der Waals surface area contributed by atoms with Gasteiger partial charge in [0.25, 0.3) is 5.91 Å². The van der Waals surface area contributed by atoms with Crippen LogP contribution in [0.1, 0.15) is 42.6 Å². The fourth-order valence-corrected chi connectivity index (χ4v) is 6.35. The first-order valence-corrected chi connectivity index (χ1v) is 12.4. The van der Waals surface area contributed by atoms with Crippen LogP contribution in [0.25, 0.3) is 5.57 Å². The van der Waals surface area contributed by atoms with Gasteiger partial charge in [-0.2, -0.15) is 4.31 Å². The molecule has 0 unspecified atom stereocenters. The van der Waals surface area contributed by atoms with Crippen LogP contribution in [0, 0.1) is 11.8 Å². The second kappa shape index (κ2) is 8.97. The minimum atomic E-state index is -3.53. The number of carbonyl (C=O) groups excluding carboxylic acids is 1. The Morgan fingerprint density at radius 1 is 0.935 bits per heavy atom. The number of hydrogen-bond acceptors (Lipinski definition) is 3. The van der Waals surface area contributed by atoms with E-state index in [0.29, 0.717) is 43.6 Å². The molecular formula is C25H30N2O3S. The summed E-state index contributed by atoms with van der Waals surface area (Å²) in [7, 11) is -3.53. The monoisotopic (exact) mass is 438 g/mol. The van der Waals surface area contributed by atoms with Crippen molar-refractivity contribution in [1.29, 1.82) is 0 Å². The molecule has 1 saturated heterocycles. The summed E-state index contributed by atoms with van der Waals surface area (Å²) in [6.45, 7) is 6.51. The second-order valence-electron chi connectivity index (χ2n) is 8.89. The number of hydrogen-bond donors (Lipinski definition) is 0. The summed E-state index contributed by atoms with van der Waals surface area (Å²) in [5.41, 5.74) is 2.98. The molecule has 2 heterocycles. The molecule has 2 aromatic carbocycles. The van der Waals surface area contributed by atoms with Gasteiger partial charge in [-0.15, -0.1) is 0 Å². The average molecular weight is 439 g/mol. The zero-order valence-electron chi connectivity index (χ0n) is 18.2. The Balaban J connectivity index is 1.45. The van der Waals surface area contributed by atoms with Crippen molar-refractivity contribution in [2.24, 2.45) is 11.8 Å². The number of carbonyl (C=O) groups is 1. The van der Waals surface area contributed by atoms with Crippen molar-refractivity contribution in [2.75, 3.05) is 26.2 Å².